The van der Waals surface area contributed by atoms with Crippen molar-refractivity contribution in [1.29, 1.82) is 0 Å². The number of aromatic nitrogens is 2. The Morgan fingerprint density at radius 2 is 2.00 bits per heavy atom. The Hall–Kier alpha value is -1.87. The summed E-state index contributed by atoms with van der Waals surface area (Å²) in [5.74, 6) is 0. The van der Waals surface area contributed by atoms with Crippen LogP contribution in [0, 0.1) is 6.92 Å². The van der Waals surface area contributed by atoms with Crippen molar-refractivity contribution in [1.82, 2.24) is 9.78 Å². The summed E-state index contributed by atoms with van der Waals surface area (Å²) in [4.78, 5) is 10.3. The largest absolute Gasteiger partial charge is 0.299 e. The molecule has 1 aromatic heterocycles. The average Bonchev–Trinajstić information content (AvgIpc) is 2.64. The number of rotatable bonds is 3. The van der Waals surface area contributed by atoms with E-state index in [1.165, 1.54) is 6.08 Å². The SMILES string of the molecule is Cc1nn(-c2ccccc2)c(Cl)c1C=CC=O. The third kappa shape index (κ3) is 2.29. The number of hydrogen-bond acceptors (Lipinski definition) is 2. The Morgan fingerprint density at radius 1 is 1.29 bits per heavy atom. The number of carbonyl (C=O) groups is 1. The van der Waals surface area contributed by atoms with Crippen molar-refractivity contribution in [2.75, 3.05) is 0 Å². The fourth-order valence-electron chi connectivity index (χ4n) is 1.58. The summed E-state index contributed by atoms with van der Waals surface area (Å²) in [6.07, 6.45) is 3.79. The predicted molar refractivity (Wildman–Crippen MR) is 68.4 cm³/mol. The lowest BCUT2D eigenvalue weighted by molar-refractivity contribution is -0.104. The number of aryl methyl sites for hydroxylation is 1. The van der Waals surface area contributed by atoms with E-state index in [4.69, 9.17) is 11.6 Å². The van der Waals surface area contributed by atoms with Crippen LogP contribution in [-0.2, 0) is 4.79 Å². The molecule has 4 heteroatoms. The number of nitrogens with zero attached hydrogens (tertiary/aromatic N) is 2. The number of aldehydes is 1. The lowest BCUT2D eigenvalue weighted by atomic mass is 10.2. The first kappa shape index (κ1) is 11.6. The topological polar surface area (TPSA) is 34.9 Å². The van der Waals surface area contributed by atoms with Crippen molar-refractivity contribution < 1.29 is 4.79 Å². The molecule has 0 saturated heterocycles. The van der Waals surface area contributed by atoms with Crippen LogP contribution in [0.3, 0.4) is 0 Å². The molecule has 0 aliphatic rings. The Bertz CT molecular complexity index is 558. The van der Waals surface area contributed by atoms with Crippen LogP contribution >= 0.6 is 11.6 Å². The first-order valence-electron chi connectivity index (χ1n) is 5.16. The molecule has 0 spiro atoms. The maximum atomic E-state index is 10.3. The molecule has 2 aromatic rings. The number of carbonyl (C=O) groups excluding carboxylic acids is 1. The summed E-state index contributed by atoms with van der Waals surface area (Å²) < 4.78 is 1.65. The Morgan fingerprint density at radius 3 is 2.65 bits per heavy atom. The van der Waals surface area contributed by atoms with E-state index in [2.05, 4.69) is 5.10 Å². The van der Waals surface area contributed by atoms with Gasteiger partial charge in [0, 0.05) is 5.56 Å². The van der Waals surface area contributed by atoms with Crippen LogP contribution in [0.25, 0.3) is 11.8 Å². The lowest BCUT2D eigenvalue weighted by Crippen LogP contribution is -1.95. The molecule has 1 heterocycles. The molecule has 0 radical (unpaired) electrons. The summed E-state index contributed by atoms with van der Waals surface area (Å²) in [5.41, 5.74) is 2.45. The van der Waals surface area contributed by atoms with Crippen LogP contribution in [0.1, 0.15) is 11.3 Å². The predicted octanol–water partition coefficient (Wildman–Crippen LogP) is 3.05. The quantitative estimate of drug-likeness (QED) is 0.616. The normalized spacial score (nSPS) is 10.9. The monoisotopic (exact) mass is 246 g/mol. The molecule has 0 saturated carbocycles. The summed E-state index contributed by atoms with van der Waals surface area (Å²) in [7, 11) is 0. The van der Waals surface area contributed by atoms with Gasteiger partial charge in [-0.1, -0.05) is 29.8 Å². The van der Waals surface area contributed by atoms with Crippen LogP contribution in [-0.4, -0.2) is 16.1 Å². The van der Waals surface area contributed by atoms with Crippen molar-refractivity contribution in [3.8, 4) is 5.69 Å². The molecule has 0 amide bonds. The number of para-hydroxylation sites is 1. The van der Waals surface area contributed by atoms with Crippen LogP contribution in [0.2, 0.25) is 5.15 Å². The lowest BCUT2D eigenvalue weighted by Gasteiger charge is -2.01. The third-order valence-corrected chi connectivity index (χ3v) is 2.75. The van der Waals surface area contributed by atoms with E-state index in [-0.39, 0.29) is 0 Å². The maximum Gasteiger partial charge on any atom is 0.142 e. The number of allylic oxidation sites excluding steroid dienone is 1. The van der Waals surface area contributed by atoms with Gasteiger partial charge in [0.05, 0.1) is 11.4 Å². The Labute approximate surface area is 104 Å². The average molecular weight is 247 g/mol. The molecule has 86 valence electrons. The molecule has 0 atom stereocenters. The fourth-order valence-corrected chi connectivity index (χ4v) is 1.91. The van der Waals surface area contributed by atoms with Crippen molar-refractivity contribution in [3.05, 3.63) is 52.8 Å². The minimum absolute atomic E-state index is 0.506. The zero-order valence-electron chi connectivity index (χ0n) is 9.30. The Balaban J connectivity index is 2.51. The molecular formula is C13H11ClN2O. The van der Waals surface area contributed by atoms with E-state index in [9.17, 15) is 4.79 Å². The zero-order chi connectivity index (χ0) is 12.3. The van der Waals surface area contributed by atoms with Gasteiger partial charge in [-0.05, 0) is 31.2 Å². The standard InChI is InChI=1S/C13H11ClN2O/c1-10-12(8-5-9-17)13(14)16(15-10)11-6-3-2-4-7-11/h2-9H,1H3. The second kappa shape index (κ2) is 4.97. The molecule has 2 rings (SSSR count). The molecule has 0 aliphatic heterocycles. The van der Waals surface area contributed by atoms with Gasteiger partial charge in [0.1, 0.15) is 11.4 Å². The summed E-state index contributed by atoms with van der Waals surface area (Å²) in [6, 6.07) is 9.62. The number of benzene rings is 1. The highest BCUT2D eigenvalue weighted by Gasteiger charge is 2.11. The van der Waals surface area contributed by atoms with E-state index >= 15 is 0 Å². The highest BCUT2D eigenvalue weighted by molar-refractivity contribution is 6.31. The van der Waals surface area contributed by atoms with Crippen molar-refractivity contribution in [2.45, 2.75) is 6.92 Å². The van der Waals surface area contributed by atoms with E-state index in [0.717, 1.165) is 23.2 Å². The number of halogens is 1. The van der Waals surface area contributed by atoms with Gasteiger partial charge < -0.3 is 0 Å². The van der Waals surface area contributed by atoms with Gasteiger partial charge in [-0.25, -0.2) is 4.68 Å². The van der Waals surface area contributed by atoms with E-state index in [0.29, 0.717) is 5.15 Å². The smallest absolute Gasteiger partial charge is 0.142 e. The highest BCUT2D eigenvalue weighted by atomic mass is 35.5. The van der Waals surface area contributed by atoms with Gasteiger partial charge in [0.25, 0.3) is 0 Å². The summed E-state index contributed by atoms with van der Waals surface area (Å²) in [6.45, 7) is 1.86. The maximum absolute atomic E-state index is 10.3. The minimum Gasteiger partial charge on any atom is -0.299 e. The molecular weight excluding hydrogens is 236 g/mol. The van der Waals surface area contributed by atoms with Crippen molar-refractivity contribution >= 4 is 24.0 Å². The first-order valence-corrected chi connectivity index (χ1v) is 5.54. The number of hydrogen-bond donors (Lipinski definition) is 0. The zero-order valence-corrected chi connectivity index (χ0v) is 10.1. The van der Waals surface area contributed by atoms with Crippen LogP contribution in [0.5, 0.6) is 0 Å². The molecule has 1 aromatic carbocycles. The Kier molecular flexibility index (Phi) is 3.40. The van der Waals surface area contributed by atoms with E-state index in [1.54, 1.807) is 10.8 Å². The first-order chi connectivity index (χ1) is 8.24. The third-order valence-electron chi connectivity index (χ3n) is 2.39. The van der Waals surface area contributed by atoms with Gasteiger partial charge in [0.15, 0.2) is 0 Å². The summed E-state index contributed by atoms with van der Waals surface area (Å²) >= 11 is 6.23. The van der Waals surface area contributed by atoms with Gasteiger partial charge >= 0.3 is 0 Å². The summed E-state index contributed by atoms with van der Waals surface area (Å²) in [5, 5.41) is 4.86. The minimum atomic E-state index is 0.506. The van der Waals surface area contributed by atoms with Crippen LogP contribution < -0.4 is 0 Å². The van der Waals surface area contributed by atoms with Gasteiger partial charge in [-0.3, -0.25) is 4.79 Å². The molecule has 0 aliphatic carbocycles. The van der Waals surface area contributed by atoms with Crippen LogP contribution in [0.15, 0.2) is 36.4 Å². The van der Waals surface area contributed by atoms with Crippen molar-refractivity contribution in [2.24, 2.45) is 0 Å². The van der Waals surface area contributed by atoms with E-state index in [1.807, 2.05) is 37.3 Å². The molecule has 0 N–H and O–H groups in total. The van der Waals surface area contributed by atoms with Gasteiger partial charge in [0.2, 0.25) is 0 Å². The molecule has 17 heavy (non-hydrogen) atoms. The van der Waals surface area contributed by atoms with Crippen LogP contribution in [0.4, 0.5) is 0 Å². The van der Waals surface area contributed by atoms with Gasteiger partial charge in [-0.15, -0.1) is 0 Å². The van der Waals surface area contributed by atoms with Crippen molar-refractivity contribution in [3.63, 3.8) is 0 Å². The highest BCUT2D eigenvalue weighted by Crippen LogP contribution is 2.24. The van der Waals surface area contributed by atoms with E-state index < -0.39 is 0 Å². The molecule has 3 nitrogen and oxygen atoms in total. The molecule has 0 fully saturated rings. The fraction of sp³-hybridized carbons (Fsp3) is 0.0769. The second-order valence-corrected chi connectivity index (χ2v) is 3.89. The molecule has 0 unspecified atom stereocenters. The molecule has 0 bridgehead atoms. The van der Waals surface area contributed by atoms with Gasteiger partial charge in [-0.2, -0.15) is 5.10 Å². The second-order valence-electron chi connectivity index (χ2n) is 3.53.